The number of methoxy groups -OCH3 is 1. The zero-order valence-electron chi connectivity index (χ0n) is 15.2. The third-order valence-electron chi connectivity index (χ3n) is 4.52. The highest BCUT2D eigenvalue weighted by Crippen LogP contribution is 2.29. The van der Waals surface area contributed by atoms with Gasteiger partial charge in [-0.15, -0.1) is 0 Å². The van der Waals surface area contributed by atoms with E-state index >= 15 is 0 Å². The maximum Gasteiger partial charge on any atom is 0.265 e. The number of nitrogens with one attached hydrogen (secondary N) is 2. The average molecular weight is 360 g/mol. The highest BCUT2D eigenvalue weighted by Gasteiger charge is 2.17. The van der Waals surface area contributed by atoms with E-state index in [2.05, 4.69) is 16.4 Å². The van der Waals surface area contributed by atoms with Crippen LogP contribution in [0.2, 0.25) is 0 Å². The second-order valence-electron chi connectivity index (χ2n) is 6.33. The molecule has 1 atom stereocenters. The van der Waals surface area contributed by atoms with Crippen molar-refractivity contribution in [3.05, 3.63) is 66.7 Å². The summed E-state index contributed by atoms with van der Waals surface area (Å²) in [6, 6.07) is 21.2. The fraction of sp³-hybridized carbons (Fsp3) is 0.136. The summed E-state index contributed by atoms with van der Waals surface area (Å²) < 4.78 is 11.1. The number of fused-ring (bicyclic) bond motifs is 3. The number of para-hydroxylation sites is 3. The fourth-order valence-corrected chi connectivity index (χ4v) is 3.15. The van der Waals surface area contributed by atoms with Gasteiger partial charge >= 0.3 is 0 Å². The van der Waals surface area contributed by atoms with Gasteiger partial charge in [-0.1, -0.05) is 30.3 Å². The number of carbonyl (C=O) groups is 1. The van der Waals surface area contributed by atoms with E-state index in [0.717, 1.165) is 16.4 Å². The van der Waals surface area contributed by atoms with Crippen molar-refractivity contribution in [3.63, 3.8) is 0 Å². The standard InChI is InChI=1S/C22H20N2O3/c1-14(22(25)24-19-9-5-6-10-21(19)26-2)27-15-11-12-17-16-7-3-4-8-18(16)23-20(17)13-15/h3-14,23H,1-2H3,(H,24,25). The van der Waals surface area contributed by atoms with Gasteiger partial charge in [-0.25, -0.2) is 0 Å². The Hall–Kier alpha value is -3.47. The van der Waals surface area contributed by atoms with E-state index in [1.54, 1.807) is 26.2 Å². The number of anilines is 1. The maximum absolute atomic E-state index is 12.5. The highest BCUT2D eigenvalue weighted by molar-refractivity contribution is 6.07. The Balaban J connectivity index is 1.52. The van der Waals surface area contributed by atoms with E-state index in [1.807, 2.05) is 48.5 Å². The molecule has 27 heavy (non-hydrogen) atoms. The summed E-state index contributed by atoms with van der Waals surface area (Å²) in [5.41, 5.74) is 2.67. The van der Waals surface area contributed by atoms with Gasteiger partial charge in [0.25, 0.3) is 5.91 Å². The van der Waals surface area contributed by atoms with E-state index in [4.69, 9.17) is 9.47 Å². The summed E-state index contributed by atoms with van der Waals surface area (Å²) in [5.74, 6) is 1.01. The van der Waals surface area contributed by atoms with Gasteiger partial charge in [0.1, 0.15) is 11.5 Å². The summed E-state index contributed by atoms with van der Waals surface area (Å²) in [7, 11) is 1.57. The quantitative estimate of drug-likeness (QED) is 0.540. The zero-order valence-corrected chi connectivity index (χ0v) is 15.2. The average Bonchev–Trinajstić information content (AvgIpc) is 3.06. The van der Waals surface area contributed by atoms with Crippen LogP contribution in [-0.2, 0) is 4.79 Å². The number of amides is 1. The minimum atomic E-state index is -0.656. The molecular formula is C22H20N2O3. The molecule has 0 radical (unpaired) electrons. The monoisotopic (exact) mass is 360 g/mol. The van der Waals surface area contributed by atoms with Crippen LogP contribution in [0.4, 0.5) is 5.69 Å². The van der Waals surface area contributed by atoms with E-state index in [0.29, 0.717) is 17.2 Å². The number of benzene rings is 3. The molecule has 136 valence electrons. The van der Waals surface area contributed by atoms with Gasteiger partial charge in [-0.2, -0.15) is 0 Å². The fourth-order valence-electron chi connectivity index (χ4n) is 3.15. The number of H-pyrrole nitrogens is 1. The first-order valence-corrected chi connectivity index (χ1v) is 8.77. The van der Waals surface area contributed by atoms with Gasteiger partial charge in [0.05, 0.1) is 18.3 Å². The van der Waals surface area contributed by atoms with Crippen LogP contribution in [0.5, 0.6) is 11.5 Å². The molecule has 5 heteroatoms. The molecule has 5 nitrogen and oxygen atoms in total. The largest absolute Gasteiger partial charge is 0.495 e. The molecule has 3 aromatic carbocycles. The van der Waals surface area contributed by atoms with E-state index in [1.165, 1.54) is 5.39 Å². The molecule has 0 aliphatic heterocycles. The molecule has 4 aromatic rings. The summed E-state index contributed by atoms with van der Waals surface area (Å²) >= 11 is 0. The van der Waals surface area contributed by atoms with Gasteiger partial charge in [0.2, 0.25) is 0 Å². The maximum atomic E-state index is 12.5. The molecule has 1 amide bonds. The van der Waals surface area contributed by atoms with E-state index < -0.39 is 6.10 Å². The second-order valence-corrected chi connectivity index (χ2v) is 6.33. The first kappa shape index (κ1) is 17.0. The van der Waals surface area contributed by atoms with Crippen LogP contribution in [0.15, 0.2) is 66.7 Å². The Morgan fingerprint density at radius 2 is 1.70 bits per heavy atom. The Morgan fingerprint density at radius 1 is 0.963 bits per heavy atom. The van der Waals surface area contributed by atoms with Crippen LogP contribution >= 0.6 is 0 Å². The molecule has 0 spiro atoms. The molecule has 1 aromatic heterocycles. The first-order chi connectivity index (χ1) is 13.2. The number of aromatic nitrogens is 1. The number of hydrogen-bond acceptors (Lipinski definition) is 3. The predicted molar refractivity (Wildman–Crippen MR) is 108 cm³/mol. The zero-order chi connectivity index (χ0) is 18.8. The Morgan fingerprint density at radius 3 is 2.56 bits per heavy atom. The first-order valence-electron chi connectivity index (χ1n) is 8.77. The predicted octanol–water partition coefficient (Wildman–Crippen LogP) is 4.74. The molecule has 0 aliphatic carbocycles. The summed E-state index contributed by atoms with van der Waals surface area (Å²) in [5, 5.41) is 5.14. The van der Waals surface area contributed by atoms with Crippen molar-refractivity contribution in [2.45, 2.75) is 13.0 Å². The van der Waals surface area contributed by atoms with Gasteiger partial charge in [-0.3, -0.25) is 4.79 Å². The van der Waals surface area contributed by atoms with Crippen LogP contribution in [0.25, 0.3) is 21.8 Å². The molecule has 2 N–H and O–H groups in total. The minimum absolute atomic E-state index is 0.240. The number of carbonyl (C=O) groups excluding carboxylic acids is 1. The third-order valence-corrected chi connectivity index (χ3v) is 4.52. The number of ether oxygens (including phenoxy) is 2. The Labute approximate surface area is 156 Å². The number of rotatable bonds is 5. The van der Waals surface area contributed by atoms with Gasteiger partial charge in [0, 0.05) is 22.4 Å². The highest BCUT2D eigenvalue weighted by atomic mass is 16.5. The van der Waals surface area contributed by atoms with Gasteiger partial charge < -0.3 is 19.8 Å². The van der Waals surface area contributed by atoms with Crippen molar-refractivity contribution in [1.29, 1.82) is 0 Å². The molecule has 0 fully saturated rings. The van der Waals surface area contributed by atoms with Crippen molar-refractivity contribution in [3.8, 4) is 11.5 Å². The lowest BCUT2D eigenvalue weighted by Gasteiger charge is -2.16. The van der Waals surface area contributed by atoms with Crippen LogP contribution in [-0.4, -0.2) is 24.1 Å². The van der Waals surface area contributed by atoms with Crippen LogP contribution in [0, 0.1) is 0 Å². The summed E-state index contributed by atoms with van der Waals surface area (Å²) in [4.78, 5) is 15.9. The van der Waals surface area contributed by atoms with Gasteiger partial charge in [-0.05, 0) is 37.3 Å². The molecule has 1 heterocycles. The van der Waals surface area contributed by atoms with Crippen LogP contribution in [0.1, 0.15) is 6.92 Å². The van der Waals surface area contributed by atoms with Crippen molar-refractivity contribution in [2.75, 3.05) is 12.4 Å². The third kappa shape index (κ3) is 3.31. The number of aromatic amines is 1. The summed E-state index contributed by atoms with van der Waals surface area (Å²) in [6.45, 7) is 1.72. The normalized spacial score (nSPS) is 12.1. The van der Waals surface area contributed by atoms with E-state index in [-0.39, 0.29) is 5.91 Å². The Bertz CT molecular complexity index is 1120. The summed E-state index contributed by atoms with van der Waals surface area (Å²) in [6.07, 6.45) is -0.656. The lowest BCUT2D eigenvalue weighted by molar-refractivity contribution is -0.122. The molecule has 4 rings (SSSR count). The second kappa shape index (κ2) is 7.03. The minimum Gasteiger partial charge on any atom is -0.495 e. The SMILES string of the molecule is COc1ccccc1NC(=O)C(C)Oc1ccc2c(c1)[nH]c1ccccc12. The molecule has 1 unspecified atom stereocenters. The molecular weight excluding hydrogens is 340 g/mol. The van der Waals surface area contributed by atoms with Crippen molar-refractivity contribution >= 4 is 33.4 Å². The Kier molecular flexibility index (Phi) is 4.42. The van der Waals surface area contributed by atoms with Crippen LogP contribution in [0.3, 0.4) is 0 Å². The molecule has 0 saturated heterocycles. The van der Waals surface area contributed by atoms with Crippen molar-refractivity contribution in [1.82, 2.24) is 4.98 Å². The lowest BCUT2D eigenvalue weighted by atomic mass is 10.1. The van der Waals surface area contributed by atoms with Crippen molar-refractivity contribution in [2.24, 2.45) is 0 Å². The van der Waals surface area contributed by atoms with Crippen LogP contribution < -0.4 is 14.8 Å². The topological polar surface area (TPSA) is 63.4 Å². The molecule has 0 aliphatic rings. The van der Waals surface area contributed by atoms with Gasteiger partial charge in [0.15, 0.2) is 6.10 Å². The smallest absolute Gasteiger partial charge is 0.265 e. The van der Waals surface area contributed by atoms with E-state index in [9.17, 15) is 4.79 Å². The lowest BCUT2D eigenvalue weighted by Crippen LogP contribution is -2.30. The van der Waals surface area contributed by atoms with Crippen molar-refractivity contribution < 1.29 is 14.3 Å². The molecule has 0 saturated carbocycles. The number of hydrogen-bond donors (Lipinski definition) is 2. The molecule has 0 bridgehead atoms.